The van der Waals surface area contributed by atoms with Crippen LogP contribution in [0.2, 0.25) is 0 Å². The Morgan fingerprint density at radius 1 is 1.50 bits per heavy atom. The van der Waals surface area contributed by atoms with Crippen molar-refractivity contribution in [3.05, 3.63) is 38.3 Å². The molecule has 0 radical (unpaired) electrons. The van der Waals surface area contributed by atoms with Crippen LogP contribution in [0.3, 0.4) is 0 Å². The van der Waals surface area contributed by atoms with Crippen molar-refractivity contribution in [1.82, 2.24) is 0 Å². The molecular weight excluding hydrogens is 306 g/mol. The van der Waals surface area contributed by atoms with Crippen LogP contribution < -0.4 is 0 Å². The predicted octanol–water partition coefficient (Wildman–Crippen LogP) is 2.65. The molecule has 1 N–H and O–H groups in total. The number of nitrogens with zero attached hydrogens (tertiary/aromatic N) is 1. The number of nitro groups is 1. The van der Waals surface area contributed by atoms with E-state index in [1.165, 1.54) is 25.1 Å². The van der Waals surface area contributed by atoms with Gasteiger partial charge < -0.3 is 5.11 Å². The standard InChI is InChI=1S/C11H10BrNO5/c1-6(11(15)16)4-10(14)8-3-2-7(12)5-9(8)13(17)18/h2-3,5-6H,4H2,1H3,(H,15,16). The quantitative estimate of drug-likeness (QED) is 0.511. The molecule has 0 fully saturated rings. The van der Waals surface area contributed by atoms with Gasteiger partial charge in [-0.1, -0.05) is 22.9 Å². The summed E-state index contributed by atoms with van der Waals surface area (Å²) in [6.07, 6.45) is -0.266. The lowest BCUT2D eigenvalue weighted by atomic mass is 9.99. The number of aliphatic carboxylic acids is 1. The SMILES string of the molecule is CC(CC(=O)c1ccc(Br)cc1[N+](=O)[O-])C(=O)O. The molecule has 6 nitrogen and oxygen atoms in total. The van der Waals surface area contributed by atoms with E-state index < -0.39 is 22.6 Å². The van der Waals surface area contributed by atoms with Crippen molar-refractivity contribution in [2.45, 2.75) is 13.3 Å². The Morgan fingerprint density at radius 3 is 2.61 bits per heavy atom. The summed E-state index contributed by atoms with van der Waals surface area (Å²) in [5.41, 5.74) is -0.400. The Balaban J connectivity index is 3.06. The molecule has 96 valence electrons. The number of Topliss-reactive ketones (excluding diaryl/α,β-unsaturated/α-hetero) is 1. The first kappa shape index (κ1) is 14.3. The second-order valence-electron chi connectivity index (χ2n) is 3.79. The molecule has 0 saturated heterocycles. The third-order valence-corrected chi connectivity index (χ3v) is 2.86. The van der Waals surface area contributed by atoms with Gasteiger partial charge in [0.2, 0.25) is 0 Å². The lowest BCUT2D eigenvalue weighted by Gasteiger charge is -2.06. The minimum atomic E-state index is -1.11. The number of halogens is 1. The average Bonchev–Trinajstić information content (AvgIpc) is 2.28. The van der Waals surface area contributed by atoms with Crippen LogP contribution in [-0.2, 0) is 4.79 Å². The summed E-state index contributed by atoms with van der Waals surface area (Å²) in [6.45, 7) is 1.38. The van der Waals surface area contributed by atoms with Gasteiger partial charge in [0.05, 0.1) is 16.4 Å². The fourth-order valence-electron chi connectivity index (χ4n) is 1.37. The lowest BCUT2D eigenvalue weighted by molar-refractivity contribution is -0.385. The molecule has 18 heavy (non-hydrogen) atoms. The minimum absolute atomic E-state index is 0.0729. The highest BCUT2D eigenvalue weighted by molar-refractivity contribution is 9.10. The molecule has 0 saturated carbocycles. The number of rotatable bonds is 5. The number of carboxylic acids is 1. The van der Waals surface area contributed by atoms with Crippen LogP contribution in [0.1, 0.15) is 23.7 Å². The van der Waals surface area contributed by atoms with Gasteiger partial charge in [0.15, 0.2) is 5.78 Å². The van der Waals surface area contributed by atoms with Crippen LogP contribution in [0.25, 0.3) is 0 Å². The molecule has 7 heteroatoms. The summed E-state index contributed by atoms with van der Waals surface area (Å²) < 4.78 is 0.483. The summed E-state index contributed by atoms with van der Waals surface area (Å²) in [5, 5.41) is 19.5. The van der Waals surface area contributed by atoms with E-state index in [-0.39, 0.29) is 17.7 Å². The number of ketones is 1. The number of benzene rings is 1. The van der Waals surface area contributed by atoms with Crippen molar-refractivity contribution in [2.24, 2.45) is 5.92 Å². The molecule has 0 heterocycles. The largest absolute Gasteiger partial charge is 0.481 e. The van der Waals surface area contributed by atoms with Gasteiger partial charge in [-0.15, -0.1) is 0 Å². The Bertz CT molecular complexity index is 514. The molecule has 1 aromatic rings. The van der Waals surface area contributed by atoms with E-state index in [9.17, 15) is 19.7 Å². The van der Waals surface area contributed by atoms with Gasteiger partial charge in [0.1, 0.15) is 0 Å². The Hall–Kier alpha value is -1.76. The molecule has 0 bridgehead atoms. The van der Waals surface area contributed by atoms with Crippen LogP contribution in [0.5, 0.6) is 0 Å². The molecular formula is C11H10BrNO5. The van der Waals surface area contributed by atoms with E-state index in [1.54, 1.807) is 0 Å². The Labute approximate surface area is 111 Å². The van der Waals surface area contributed by atoms with Gasteiger partial charge in [-0.2, -0.15) is 0 Å². The molecule has 1 unspecified atom stereocenters. The second kappa shape index (κ2) is 5.72. The molecule has 1 aromatic carbocycles. The van der Waals surface area contributed by atoms with Crippen molar-refractivity contribution in [2.75, 3.05) is 0 Å². The molecule has 0 aromatic heterocycles. The van der Waals surface area contributed by atoms with Gasteiger partial charge in [-0.05, 0) is 12.1 Å². The zero-order valence-corrected chi connectivity index (χ0v) is 11.0. The van der Waals surface area contributed by atoms with Crippen LogP contribution in [0, 0.1) is 16.0 Å². The van der Waals surface area contributed by atoms with Gasteiger partial charge in [0.25, 0.3) is 5.69 Å². The smallest absolute Gasteiger partial charge is 0.306 e. The van der Waals surface area contributed by atoms with Crippen molar-refractivity contribution < 1.29 is 19.6 Å². The van der Waals surface area contributed by atoms with Crippen LogP contribution in [0.4, 0.5) is 5.69 Å². The first-order chi connectivity index (χ1) is 8.32. The normalized spacial score (nSPS) is 11.9. The average molecular weight is 316 g/mol. The highest BCUT2D eigenvalue weighted by Crippen LogP contribution is 2.25. The Kier molecular flexibility index (Phi) is 4.55. The van der Waals surface area contributed by atoms with Crippen LogP contribution in [-0.4, -0.2) is 21.8 Å². The van der Waals surface area contributed by atoms with E-state index in [0.29, 0.717) is 4.47 Å². The molecule has 1 rings (SSSR count). The molecule has 1 atom stereocenters. The van der Waals surface area contributed by atoms with E-state index in [2.05, 4.69) is 15.9 Å². The van der Waals surface area contributed by atoms with Crippen molar-refractivity contribution in [3.63, 3.8) is 0 Å². The maximum absolute atomic E-state index is 11.8. The van der Waals surface area contributed by atoms with E-state index in [0.717, 1.165) is 0 Å². The summed E-state index contributed by atoms with van der Waals surface area (Å²) >= 11 is 3.08. The number of hydrogen-bond donors (Lipinski definition) is 1. The first-order valence-electron chi connectivity index (χ1n) is 5.03. The zero-order valence-electron chi connectivity index (χ0n) is 9.42. The van der Waals surface area contributed by atoms with Crippen molar-refractivity contribution in [3.8, 4) is 0 Å². The van der Waals surface area contributed by atoms with Gasteiger partial charge >= 0.3 is 5.97 Å². The van der Waals surface area contributed by atoms with Crippen LogP contribution >= 0.6 is 15.9 Å². The molecule has 0 aliphatic heterocycles. The number of carbonyl (C=O) groups is 2. The maximum Gasteiger partial charge on any atom is 0.306 e. The zero-order chi connectivity index (χ0) is 13.9. The highest BCUT2D eigenvalue weighted by Gasteiger charge is 2.23. The van der Waals surface area contributed by atoms with Gasteiger partial charge in [-0.3, -0.25) is 19.7 Å². The first-order valence-corrected chi connectivity index (χ1v) is 5.82. The fraction of sp³-hybridized carbons (Fsp3) is 0.273. The number of hydrogen-bond acceptors (Lipinski definition) is 4. The lowest BCUT2D eigenvalue weighted by Crippen LogP contribution is -2.15. The van der Waals surface area contributed by atoms with E-state index >= 15 is 0 Å². The number of carbonyl (C=O) groups excluding carboxylic acids is 1. The van der Waals surface area contributed by atoms with Crippen molar-refractivity contribution >= 4 is 33.4 Å². The predicted molar refractivity (Wildman–Crippen MR) is 66.5 cm³/mol. The molecule has 0 aliphatic rings. The summed E-state index contributed by atoms with van der Waals surface area (Å²) in [7, 11) is 0. The van der Waals surface area contributed by atoms with Gasteiger partial charge in [0, 0.05) is 17.0 Å². The summed E-state index contributed by atoms with van der Waals surface area (Å²) in [5.74, 6) is -2.53. The maximum atomic E-state index is 11.8. The summed E-state index contributed by atoms with van der Waals surface area (Å²) in [6, 6.07) is 4.05. The number of carboxylic acid groups (broad SMARTS) is 1. The molecule has 0 amide bonds. The van der Waals surface area contributed by atoms with E-state index in [1.807, 2.05) is 0 Å². The third kappa shape index (κ3) is 3.36. The monoisotopic (exact) mass is 315 g/mol. The second-order valence-corrected chi connectivity index (χ2v) is 4.70. The third-order valence-electron chi connectivity index (χ3n) is 2.37. The molecule has 0 aliphatic carbocycles. The number of nitro benzene ring substituents is 1. The molecule has 0 spiro atoms. The van der Waals surface area contributed by atoms with Crippen molar-refractivity contribution in [1.29, 1.82) is 0 Å². The topological polar surface area (TPSA) is 97.5 Å². The van der Waals surface area contributed by atoms with Gasteiger partial charge in [-0.25, -0.2) is 0 Å². The van der Waals surface area contributed by atoms with E-state index in [4.69, 9.17) is 5.11 Å². The summed E-state index contributed by atoms with van der Waals surface area (Å²) in [4.78, 5) is 32.6. The fourth-order valence-corrected chi connectivity index (χ4v) is 1.72. The highest BCUT2D eigenvalue weighted by atomic mass is 79.9. The minimum Gasteiger partial charge on any atom is -0.481 e. The Morgan fingerprint density at radius 2 is 2.11 bits per heavy atom. The van der Waals surface area contributed by atoms with Crippen LogP contribution in [0.15, 0.2) is 22.7 Å².